The van der Waals surface area contributed by atoms with Crippen molar-refractivity contribution < 1.29 is 33.3 Å². The van der Waals surface area contributed by atoms with Gasteiger partial charge in [-0.05, 0) is 50.1 Å². The average Bonchev–Trinajstić information content (AvgIpc) is 2.72. The van der Waals surface area contributed by atoms with Crippen molar-refractivity contribution in [3.05, 3.63) is 55.5 Å². The molecule has 0 aromatic heterocycles. The molecule has 9 heteroatoms. The zero-order valence-corrected chi connectivity index (χ0v) is 18.6. The predicted molar refractivity (Wildman–Crippen MR) is 107 cm³/mol. The monoisotopic (exact) mass is 514 g/mol. The van der Waals surface area contributed by atoms with Gasteiger partial charge in [0, 0.05) is 4.47 Å². The minimum absolute atomic E-state index is 0.0254. The van der Waals surface area contributed by atoms with Crippen molar-refractivity contribution >= 4 is 49.6 Å². The Morgan fingerprint density at radius 2 is 1.36 bits per heavy atom. The highest BCUT2D eigenvalue weighted by atomic mass is 79.9. The van der Waals surface area contributed by atoms with Gasteiger partial charge in [0.05, 0.1) is 44.0 Å². The molecule has 148 valence electrons. The molecule has 0 spiro atoms. The first kappa shape index (κ1) is 21.9. The largest absolute Gasteiger partial charge is 0.495 e. The van der Waals surface area contributed by atoms with Gasteiger partial charge < -0.3 is 18.9 Å². The Morgan fingerprint density at radius 3 is 1.89 bits per heavy atom. The Hall–Kier alpha value is -2.39. The van der Waals surface area contributed by atoms with Crippen molar-refractivity contribution in [3.63, 3.8) is 0 Å². The summed E-state index contributed by atoms with van der Waals surface area (Å²) in [5.74, 6) is -1.77. The number of methoxy groups -OCH3 is 4. The molecular weight excluding hydrogens is 500 g/mol. The van der Waals surface area contributed by atoms with Crippen LogP contribution in [0.1, 0.15) is 36.6 Å². The summed E-state index contributed by atoms with van der Waals surface area (Å²) in [5, 5.41) is 0. The minimum atomic E-state index is -0.686. The van der Waals surface area contributed by atoms with Crippen LogP contribution in [-0.2, 0) is 9.47 Å². The van der Waals surface area contributed by atoms with Crippen molar-refractivity contribution in [2.24, 2.45) is 0 Å². The molecule has 0 atom stereocenters. The Bertz CT molecular complexity index is 954. The van der Waals surface area contributed by atoms with Crippen LogP contribution in [0, 0.1) is 0 Å². The first-order valence-electron chi connectivity index (χ1n) is 7.76. The summed E-state index contributed by atoms with van der Waals surface area (Å²) in [6.07, 6.45) is 0. The van der Waals surface area contributed by atoms with E-state index >= 15 is 0 Å². The second kappa shape index (κ2) is 9.20. The third-order valence-electron chi connectivity index (χ3n) is 3.88. The van der Waals surface area contributed by atoms with E-state index < -0.39 is 17.7 Å². The lowest BCUT2D eigenvalue weighted by atomic mass is 9.97. The molecular formula is C19H16Br2O7. The maximum atomic E-state index is 13.3. The molecule has 0 fully saturated rings. The molecule has 0 amide bonds. The number of ether oxygens (including phenoxy) is 4. The van der Waals surface area contributed by atoms with Crippen LogP contribution in [0.25, 0.3) is 0 Å². The summed E-state index contributed by atoms with van der Waals surface area (Å²) in [5.41, 5.74) is 0.331. The summed E-state index contributed by atoms with van der Waals surface area (Å²) in [4.78, 5) is 37.5. The topological polar surface area (TPSA) is 88.1 Å². The summed E-state index contributed by atoms with van der Waals surface area (Å²) in [7, 11) is 5.13. The molecule has 0 saturated heterocycles. The second-order valence-corrected chi connectivity index (χ2v) is 6.97. The molecule has 2 aromatic rings. The number of halogens is 2. The van der Waals surface area contributed by atoms with Crippen molar-refractivity contribution in [2.45, 2.75) is 0 Å². The molecule has 7 nitrogen and oxygen atoms in total. The van der Waals surface area contributed by atoms with E-state index in [4.69, 9.17) is 18.9 Å². The van der Waals surface area contributed by atoms with Gasteiger partial charge in [-0.3, -0.25) is 4.79 Å². The van der Waals surface area contributed by atoms with Crippen LogP contribution in [0.15, 0.2) is 33.2 Å². The van der Waals surface area contributed by atoms with Crippen LogP contribution in [0.4, 0.5) is 0 Å². The molecule has 2 rings (SSSR count). The van der Waals surface area contributed by atoms with Gasteiger partial charge in [-0.25, -0.2) is 9.59 Å². The number of benzene rings is 2. The van der Waals surface area contributed by atoms with Crippen molar-refractivity contribution in [1.29, 1.82) is 0 Å². The third-order valence-corrected chi connectivity index (χ3v) is 5.86. The standard InChI is InChI=1S/C19H16Br2O7/c1-25-16-9(6-5-7-10(16)18(23)27-3)15(22)11-8-12(20)14(21)13(17(11)26-2)19(24)28-4/h5-8H,1-4H3. The van der Waals surface area contributed by atoms with E-state index in [0.717, 1.165) is 0 Å². The zero-order chi connectivity index (χ0) is 21.0. The van der Waals surface area contributed by atoms with Crippen LogP contribution >= 0.6 is 31.9 Å². The molecule has 0 heterocycles. The van der Waals surface area contributed by atoms with Crippen molar-refractivity contribution in [1.82, 2.24) is 0 Å². The zero-order valence-electron chi connectivity index (χ0n) is 15.4. The molecule has 0 radical (unpaired) electrons. The fraction of sp³-hybridized carbons (Fsp3) is 0.211. The lowest BCUT2D eigenvalue weighted by Crippen LogP contribution is -2.13. The average molecular weight is 516 g/mol. The maximum Gasteiger partial charge on any atom is 0.342 e. The Morgan fingerprint density at radius 1 is 0.786 bits per heavy atom. The second-order valence-electron chi connectivity index (χ2n) is 5.33. The van der Waals surface area contributed by atoms with Gasteiger partial charge in [0.25, 0.3) is 0 Å². The van der Waals surface area contributed by atoms with Crippen LogP contribution in [0.5, 0.6) is 11.5 Å². The lowest BCUT2D eigenvalue weighted by molar-refractivity contribution is 0.0587. The molecule has 28 heavy (non-hydrogen) atoms. The molecule has 0 aliphatic carbocycles. The number of hydrogen-bond donors (Lipinski definition) is 0. The highest BCUT2D eigenvalue weighted by molar-refractivity contribution is 9.13. The Kier molecular flexibility index (Phi) is 7.20. The predicted octanol–water partition coefficient (Wildman–Crippen LogP) is 4.03. The number of hydrogen-bond acceptors (Lipinski definition) is 7. The fourth-order valence-electron chi connectivity index (χ4n) is 2.63. The van der Waals surface area contributed by atoms with E-state index in [0.29, 0.717) is 8.95 Å². The molecule has 0 aliphatic heterocycles. The van der Waals surface area contributed by atoms with Gasteiger partial charge in [0.15, 0.2) is 0 Å². The molecule has 0 aliphatic rings. The van der Waals surface area contributed by atoms with Gasteiger partial charge in [-0.1, -0.05) is 6.07 Å². The van der Waals surface area contributed by atoms with Crippen LogP contribution in [0.2, 0.25) is 0 Å². The number of ketones is 1. The number of carbonyl (C=O) groups is 3. The van der Waals surface area contributed by atoms with Gasteiger partial charge in [0.2, 0.25) is 5.78 Å². The van der Waals surface area contributed by atoms with Gasteiger partial charge in [-0.15, -0.1) is 0 Å². The van der Waals surface area contributed by atoms with Crippen molar-refractivity contribution in [2.75, 3.05) is 28.4 Å². The van der Waals surface area contributed by atoms with E-state index in [1.807, 2.05) is 0 Å². The smallest absolute Gasteiger partial charge is 0.342 e. The third kappa shape index (κ3) is 3.90. The minimum Gasteiger partial charge on any atom is -0.495 e. The van der Waals surface area contributed by atoms with Crippen LogP contribution in [-0.4, -0.2) is 46.2 Å². The first-order chi connectivity index (χ1) is 13.3. The quantitative estimate of drug-likeness (QED) is 0.424. The SMILES string of the molecule is COC(=O)c1cccc(C(=O)c2cc(Br)c(Br)c(C(=O)OC)c2OC)c1OC. The van der Waals surface area contributed by atoms with E-state index in [-0.39, 0.29) is 33.8 Å². The Labute approximate surface area is 178 Å². The molecule has 2 aromatic carbocycles. The number of para-hydroxylation sites is 1. The number of carbonyl (C=O) groups excluding carboxylic acids is 3. The molecule has 0 N–H and O–H groups in total. The first-order valence-corrected chi connectivity index (χ1v) is 9.35. The summed E-state index contributed by atoms with van der Waals surface area (Å²) in [6.45, 7) is 0. The van der Waals surface area contributed by atoms with E-state index in [2.05, 4.69) is 31.9 Å². The summed E-state index contributed by atoms with van der Waals surface area (Å²) in [6, 6.07) is 6.02. The van der Waals surface area contributed by atoms with Gasteiger partial charge in [0.1, 0.15) is 22.6 Å². The van der Waals surface area contributed by atoms with Crippen LogP contribution < -0.4 is 9.47 Å². The molecule has 0 saturated carbocycles. The highest BCUT2D eigenvalue weighted by Crippen LogP contribution is 2.39. The molecule has 0 unspecified atom stereocenters. The van der Waals surface area contributed by atoms with E-state index in [9.17, 15) is 14.4 Å². The molecule has 0 bridgehead atoms. The Balaban J connectivity index is 2.77. The van der Waals surface area contributed by atoms with E-state index in [1.54, 1.807) is 0 Å². The highest BCUT2D eigenvalue weighted by Gasteiger charge is 2.29. The fourth-order valence-corrected chi connectivity index (χ4v) is 3.51. The van der Waals surface area contributed by atoms with Crippen molar-refractivity contribution in [3.8, 4) is 11.5 Å². The normalized spacial score (nSPS) is 10.2. The van der Waals surface area contributed by atoms with Gasteiger partial charge >= 0.3 is 11.9 Å². The number of rotatable bonds is 6. The summed E-state index contributed by atoms with van der Waals surface area (Å²) < 4.78 is 21.0. The maximum absolute atomic E-state index is 13.3. The summed E-state index contributed by atoms with van der Waals surface area (Å²) >= 11 is 6.61. The van der Waals surface area contributed by atoms with E-state index in [1.165, 1.54) is 52.7 Å². The lowest BCUT2D eigenvalue weighted by Gasteiger charge is -2.16. The number of esters is 2. The van der Waals surface area contributed by atoms with Crippen LogP contribution in [0.3, 0.4) is 0 Å². The van der Waals surface area contributed by atoms with Gasteiger partial charge in [-0.2, -0.15) is 0 Å².